The van der Waals surface area contributed by atoms with Gasteiger partial charge in [-0.05, 0) is 12.1 Å². The van der Waals surface area contributed by atoms with Gasteiger partial charge in [0.15, 0.2) is 5.69 Å². The van der Waals surface area contributed by atoms with E-state index in [-0.39, 0.29) is 22.6 Å². The monoisotopic (exact) mass is 357 g/mol. The first-order valence-electron chi connectivity index (χ1n) is 6.66. The van der Waals surface area contributed by atoms with Gasteiger partial charge >= 0.3 is 18.5 Å². The zero-order chi connectivity index (χ0) is 18.8. The minimum Gasteiger partial charge on any atom is -0.464 e. The number of benzene rings is 1. The van der Waals surface area contributed by atoms with Crippen LogP contribution in [0, 0.1) is 11.3 Å². The molecule has 0 saturated carbocycles. The predicted molar refractivity (Wildman–Crippen MR) is 77.8 cm³/mol. The van der Waals surface area contributed by atoms with Crippen molar-refractivity contribution in [3.63, 3.8) is 0 Å². The van der Waals surface area contributed by atoms with Crippen molar-refractivity contribution in [3.8, 4) is 17.5 Å². The van der Waals surface area contributed by atoms with E-state index in [2.05, 4.69) is 9.47 Å². The van der Waals surface area contributed by atoms with Crippen LogP contribution in [0.3, 0.4) is 0 Å². The largest absolute Gasteiger partial charge is 0.464 e. The first-order chi connectivity index (χ1) is 11.7. The molecule has 0 aliphatic carbocycles. The lowest BCUT2D eigenvalue weighted by Gasteiger charge is -2.17. The fourth-order valence-corrected chi connectivity index (χ4v) is 2.02. The van der Waals surface area contributed by atoms with Crippen LogP contribution < -0.4 is 10.5 Å². The van der Waals surface area contributed by atoms with Crippen LogP contribution in [0.2, 0.25) is 0 Å². The number of halogens is 4. The van der Waals surface area contributed by atoms with E-state index in [0.717, 1.165) is 23.8 Å². The fraction of sp³-hybridized carbons (Fsp3) is 0.200. The van der Waals surface area contributed by atoms with Crippen molar-refractivity contribution in [2.75, 3.05) is 12.8 Å². The first kappa shape index (κ1) is 18.1. The van der Waals surface area contributed by atoms with Crippen molar-refractivity contribution in [3.05, 3.63) is 41.7 Å². The number of rotatable bonds is 5. The van der Waals surface area contributed by atoms with Gasteiger partial charge in [-0.1, -0.05) is 6.07 Å². The van der Waals surface area contributed by atoms with E-state index >= 15 is 0 Å². The van der Waals surface area contributed by atoms with Crippen molar-refractivity contribution in [2.24, 2.45) is 0 Å². The zero-order valence-corrected chi connectivity index (χ0v) is 12.7. The number of carbonyl (C=O) groups excluding carboxylic acids is 1. The second-order valence-electron chi connectivity index (χ2n) is 4.74. The van der Waals surface area contributed by atoms with Gasteiger partial charge in [-0.2, -0.15) is 22.8 Å². The maximum atomic E-state index is 13.0. The number of nitrogens with zero attached hydrogens (tertiary/aromatic N) is 2. The van der Waals surface area contributed by atoms with Gasteiger partial charge in [-0.25, -0.2) is 4.79 Å². The molecule has 10 heteroatoms. The SMILES string of the molecule is COC(=O)c1c(N)c(C#N)cn1-c1cccc(OC(F)(F)C(F)F)c1. The van der Waals surface area contributed by atoms with Gasteiger partial charge < -0.3 is 19.8 Å². The second-order valence-corrected chi connectivity index (χ2v) is 4.74. The molecule has 2 rings (SSSR count). The Hall–Kier alpha value is -3.22. The minimum absolute atomic E-state index is 0.0513. The highest BCUT2D eigenvalue weighted by Crippen LogP contribution is 2.30. The van der Waals surface area contributed by atoms with E-state index in [1.807, 2.05) is 0 Å². The molecule has 0 fully saturated rings. The molecule has 0 unspecified atom stereocenters. The molecule has 0 radical (unpaired) electrons. The maximum Gasteiger partial charge on any atom is 0.461 e. The van der Waals surface area contributed by atoms with Crippen LogP contribution in [-0.2, 0) is 4.74 Å². The van der Waals surface area contributed by atoms with E-state index in [4.69, 9.17) is 11.0 Å². The molecule has 0 aliphatic heterocycles. The van der Waals surface area contributed by atoms with Crippen molar-refractivity contribution in [1.29, 1.82) is 5.26 Å². The molecule has 2 N–H and O–H groups in total. The highest BCUT2D eigenvalue weighted by molar-refractivity contribution is 5.95. The van der Waals surface area contributed by atoms with Crippen LogP contribution in [0.1, 0.15) is 16.1 Å². The van der Waals surface area contributed by atoms with Crippen LogP contribution in [0.5, 0.6) is 5.75 Å². The van der Waals surface area contributed by atoms with Crippen molar-refractivity contribution in [2.45, 2.75) is 12.5 Å². The Labute approximate surface area is 139 Å². The lowest BCUT2D eigenvalue weighted by Crippen LogP contribution is -2.33. The summed E-state index contributed by atoms with van der Waals surface area (Å²) in [5.41, 5.74) is 5.36. The van der Waals surface area contributed by atoms with Gasteiger partial charge in [-0.3, -0.25) is 0 Å². The Balaban J connectivity index is 2.52. The number of nitrogens with two attached hydrogens (primary N) is 1. The molecule has 132 valence electrons. The number of nitrogen functional groups attached to an aromatic ring is 1. The Morgan fingerprint density at radius 3 is 2.64 bits per heavy atom. The summed E-state index contributed by atoms with van der Waals surface area (Å²) in [6.45, 7) is 0. The van der Waals surface area contributed by atoms with Crippen LogP contribution in [-0.4, -0.2) is 30.2 Å². The summed E-state index contributed by atoms with van der Waals surface area (Å²) in [5.74, 6) is -1.44. The number of carbonyl (C=O) groups is 1. The van der Waals surface area contributed by atoms with Gasteiger partial charge in [0.05, 0.1) is 18.4 Å². The van der Waals surface area contributed by atoms with Crippen LogP contribution in [0.15, 0.2) is 30.5 Å². The van der Waals surface area contributed by atoms with Crippen LogP contribution in [0.25, 0.3) is 5.69 Å². The van der Waals surface area contributed by atoms with E-state index in [9.17, 15) is 22.4 Å². The summed E-state index contributed by atoms with van der Waals surface area (Å²) in [5, 5.41) is 9.02. The number of alkyl halides is 4. The first-order valence-corrected chi connectivity index (χ1v) is 6.66. The van der Waals surface area contributed by atoms with Crippen molar-refractivity contribution in [1.82, 2.24) is 4.57 Å². The molecule has 0 spiro atoms. The fourth-order valence-electron chi connectivity index (χ4n) is 2.02. The molecular formula is C15H11F4N3O3. The van der Waals surface area contributed by atoms with Gasteiger partial charge in [0.1, 0.15) is 11.8 Å². The number of methoxy groups -OCH3 is 1. The Bertz CT molecular complexity index is 843. The molecule has 6 nitrogen and oxygen atoms in total. The Morgan fingerprint density at radius 2 is 2.08 bits per heavy atom. The third-order valence-corrected chi connectivity index (χ3v) is 3.15. The van der Waals surface area contributed by atoms with E-state index in [1.54, 1.807) is 6.07 Å². The average Bonchev–Trinajstić information content (AvgIpc) is 2.90. The summed E-state index contributed by atoms with van der Waals surface area (Å²) in [6.07, 6.45) is -7.52. The van der Waals surface area contributed by atoms with Crippen molar-refractivity contribution < 1.29 is 31.8 Å². The van der Waals surface area contributed by atoms with Gasteiger partial charge in [-0.15, -0.1) is 0 Å². The third kappa shape index (κ3) is 3.50. The predicted octanol–water partition coefficient (Wildman–Crippen LogP) is 2.95. The molecule has 0 aliphatic rings. The number of esters is 1. The van der Waals surface area contributed by atoms with Gasteiger partial charge in [0.25, 0.3) is 0 Å². The smallest absolute Gasteiger partial charge is 0.461 e. The topological polar surface area (TPSA) is 90.3 Å². The van der Waals surface area contributed by atoms with Gasteiger partial charge in [0, 0.05) is 18.0 Å². The number of anilines is 1. The summed E-state index contributed by atoms with van der Waals surface area (Å²) in [4.78, 5) is 11.9. The minimum atomic E-state index is -4.68. The molecule has 1 heterocycles. The molecule has 0 saturated heterocycles. The quantitative estimate of drug-likeness (QED) is 0.656. The lowest BCUT2D eigenvalue weighted by molar-refractivity contribution is -0.253. The standard InChI is InChI=1S/C15H11F4N3O3/c1-24-13(23)12-11(21)8(6-20)7-22(12)9-3-2-4-10(5-9)25-15(18,19)14(16)17/h2-5,7,14H,21H2,1H3. The summed E-state index contributed by atoms with van der Waals surface area (Å²) >= 11 is 0. The maximum absolute atomic E-state index is 13.0. The molecular weight excluding hydrogens is 346 g/mol. The summed E-state index contributed by atoms with van der Waals surface area (Å²) in [6, 6.07) is 6.42. The highest BCUT2D eigenvalue weighted by Gasteiger charge is 2.44. The number of aromatic nitrogens is 1. The molecule has 2 aromatic rings. The highest BCUT2D eigenvalue weighted by atomic mass is 19.3. The molecule has 0 atom stereocenters. The number of hydrogen-bond donors (Lipinski definition) is 1. The van der Waals surface area contributed by atoms with Crippen LogP contribution >= 0.6 is 0 Å². The van der Waals surface area contributed by atoms with E-state index in [1.165, 1.54) is 18.3 Å². The van der Waals surface area contributed by atoms with E-state index < -0.39 is 24.3 Å². The summed E-state index contributed by atoms with van der Waals surface area (Å²) < 4.78 is 60.3. The molecule has 1 aromatic heterocycles. The summed E-state index contributed by atoms with van der Waals surface area (Å²) in [7, 11) is 1.09. The lowest BCUT2D eigenvalue weighted by atomic mass is 10.2. The normalized spacial score (nSPS) is 11.2. The third-order valence-electron chi connectivity index (χ3n) is 3.15. The van der Waals surface area contributed by atoms with Gasteiger partial charge in [0.2, 0.25) is 0 Å². The second kappa shape index (κ2) is 6.72. The van der Waals surface area contributed by atoms with E-state index in [0.29, 0.717) is 0 Å². The zero-order valence-electron chi connectivity index (χ0n) is 12.7. The Morgan fingerprint density at radius 1 is 1.40 bits per heavy atom. The van der Waals surface area contributed by atoms with Crippen molar-refractivity contribution >= 4 is 11.7 Å². The Kier molecular flexibility index (Phi) is 4.87. The molecule has 25 heavy (non-hydrogen) atoms. The average molecular weight is 357 g/mol. The molecule has 0 bridgehead atoms. The number of hydrogen-bond acceptors (Lipinski definition) is 5. The number of nitriles is 1. The molecule has 1 aromatic carbocycles. The molecule has 0 amide bonds. The van der Waals surface area contributed by atoms with Crippen LogP contribution in [0.4, 0.5) is 23.2 Å². The number of ether oxygens (including phenoxy) is 2.